The van der Waals surface area contributed by atoms with Gasteiger partial charge < -0.3 is 4.90 Å². The molecule has 1 N–H and O–H groups in total. The fourth-order valence-electron chi connectivity index (χ4n) is 2.38. The molecule has 0 spiro atoms. The van der Waals surface area contributed by atoms with Crippen molar-refractivity contribution in [2.75, 3.05) is 18.0 Å². The van der Waals surface area contributed by atoms with E-state index in [0.29, 0.717) is 4.77 Å². The van der Waals surface area contributed by atoms with Crippen LogP contribution in [0.1, 0.15) is 24.8 Å². The van der Waals surface area contributed by atoms with Crippen LogP contribution in [0.25, 0.3) is 0 Å². The molecule has 0 bridgehead atoms. The highest BCUT2D eigenvalue weighted by Crippen LogP contribution is 2.19. The quantitative estimate of drug-likeness (QED) is 0.697. The highest BCUT2D eigenvalue weighted by molar-refractivity contribution is 7.71. The predicted molar refractivity (Wildman–Crippen MR) is 82.9 cm³/mol. The van der Waals surface area contributed by atoms with Gasteiger partial charge in [0.15, 0.2) is 0 Å². The molecule has 1 fully saturated rings. The van der Waals surface area contributed by atoms with Crippen LogP contribution in [0.2, 0.25) is 0 Å². The molecule has 2 aromatic rings. The van der Waals surface area contributed by atoms with Crippen LogP contribution in [0.4, 0.5) is 5.69 Å². The molecular weight excluding hydrogens is 270 g/mol. The number of H-pyrrole nitrogens is 1. The second-order valence-electron chi connectivity index (χ2n) is 4.89. The van der Waals surface area contributed by atoms with E-state index in [0.717, 1.165) is 18.7 Å². The summed E-state index contributed by atoms with van der Waals surface area (Å²) in [6.07, 6.45) is 7.28. The van der Waals surface area contributed by atoms with E-state index >= 15 is 0 Å². The average molecular weight is 287 g/mol. The molecule has 1 saturated heterocycles. The highest BCUT2D eigenvalue weighted by atomic mass is 32.1. The number of benzene rings is 1. The van der Waals surface area contributed by atoms with Gasteiger partial charge in [0.2, 0.25) is 4.77 Å². The first-order valence-electron chi connectivity index (χ1n) is 6.84. The summed E-state index contributed by atoms with van der Waals surface area (Å²) in [7, 11) is 0. The Hall–Kier alpha value is -1.95. The summed E-state index contributed by atoms with van der Waals surface area (Å²) in [6.45, 7) is 2.33. The topological polar surface area (TPSA) is 49.2 Å². The second kappa shape index (κ2) is 6.00. The van der Waals surface area contributed by atoms with Crippen molar-refractivity contribution >= 4 is 24.1 Å². The molecule has 3 rings (SSSR count). The Labute approximate surface area is 122 Å². The van der Waals surface area contributed by atoms with Crippen molar-refractivity contribution in [3.05, 3.63) is 40.9 Å². The molecule has 0 radical (unpaired) electrons. The number of aromatic nitrogens is 3. The molecule has 0 unspecified atom stereocenters. The molecule has 1 aliphatic heterocycles. The van der Waals surface area contributed by atoms with Crippen LogP contribution in [0.3, 0.4) is 0 Å². The van der Waals surface area contributed by atoms with Gasteiger partial charge in [0, 0.05) is 18.8 Å². The van der Waals surface area contributed by atoms with Crippen molar-refractivity contribution in [2.24, 2.45) is 5.10 Å². The lowest BCUT2D eigenvalue weighted by atomic mass is 10.1. The fraction of sp³-hybridized carbons (Fsp3) is 0.357. The molecule has 6 heteroatoms. The zero-order chi connectivity index (χ0) is 13.8. The molecule has 20 heavy (non-hydrogen) atoms. The zero-order valence-corrected chi connectivity index (χ0v) is 12.0. The Kier molecular flexibility index (Phi) is 3.92. The molecule has 1 aliphatic rings. The molecule has 0 aliphatic carbocycles. The van der Waals surface area contributed by atoms with Crippen LogP contribution in [0.5, 0.6) is 0 Å². The summed E-state index contributed by atoms with van der Waals surface area (Å²) in [5.41, 5.74) is 2.34. The van der Waals surface area contributed by atoms with Gasteiger partial charge in [-0.3, -0.25) is 5.10 Å². The maximum Gasteiger partial charge on any atom is 0.216 e. The lowest BCUT2D eigenvalue weighted by Crippen LogP contribution is -2.29. The molecule has 1 aromatic heterocycles. The Morgan fingerprint density at radius 1 is 1.15 bits per heavy atom. The lowest BCUT2D eigenvalue weighted by Gasteiger charge is -2.28. The normalized spacial score (nSPS) is 15.9. The number of rotatable bonds is 3. The molecule has 2 heterocycles. The Bertz CT molecular complexity index is 634. The van der Waals surface area contributed by atoms with Crippen molar-refractivity contribution in [3.8, 4) is 0 Å². The number of aromatic amines is 1. The summed E-state index contributed by atoms with van der Waals surface area (Å²) >= 11 is 5.03. The van der Waals surface area contributed by atoms with Gasteiger partial charge in [0.25, 0.3) is 0 Å². The minimum Gasteiger partial charge on any atom is -0.372 e. The minimum atomic E-state index is 0.492. The van der Waals surface area contributed by atoms with Crippen LogP contribution in [-0.4, -0.2) is 34.2 Å². The van der Waals surface area contributed by atoms with Crippen LogP contribution < -0.4 is 4.90 Å². The summed E-state index contributed by atoms with van der Waals surface area (Å²) in [4.78, 5) is 2.44. The first-order valence-corrected chi connectivity index (χ1v) is 7.25. The smallest absolute Gasteiger partial charge is 0.216 e. The Morgan fingerprint density at radius 2 is 1.90 bits per heavy atom. The van der Waals surface area contributed by atoms with E-state index in [1.807, 2.05) is 0 Å². The fourth-order valence-corrected chi connectivity index (χ4v) is 2.52. The van der Waals surface area contributed by atoms with Crippen LogP contribution in [-0.2, 0) is 0 Å². The van der Waals surface area contributed by atoms with E-state index in [-0.39, 0.29) is 0 Å². The average Bonchev–Trinajstić information content (AvgIpc) is 2.92. The summed E-state index contributed by atoms with van der Waals surface area (Å²) in [5.74, 6) is 0. The van der Waals surface area contributed by atoms with Gasteiger partial charge in [-0.05, 0) is 49.2 Å². The van der Waals surface area contributed by atoms with Crippen molar-refractivity contribution in [1.82, 2.24) is 14.9 Å². The van der Waals surface area contributed by atoms with Gasteiger partial charge in [-0.1, -0.05) is 12.1 Å². The van der Waals surface area contributed by atoms with Crippen molar-refractivity contribution in [3.63, 3.8) is 0 Å². The van der Waals surface area contributed by atoms with Gasteiger partial charge in [-0.2, -0.15) is 14.9 Å². The summed E-state index contributed by atoms with van der Waals surface area (Å²) < 4.78 is 2.03. The molecule has 0 saturated carbocycles. The van der Waals surface area contributed by atoms with E-state index < -0.39 is 0 Å². The third kappa shape index (κ3) is 2.96. The van der Waals surface area contributed by atoms with Crippen LogP contribution in [0.15, 0.2) is 35.7 Å². The Balaban J connectivity index is 1.71. The standard InChI is InChI=1S/C14H17N5S/c20-14-17-15-11-19(14)16-10-12-4-6-13(7-5-12)18-8-2-1-3-9-18/h4-7,10-11H,1-3,8-9H2,(H,17,20)/b16-10-. The minimum absolute atomic E-state index is 0.492. The first kappa shape index (κ1) is 13.1. The maximum absolute atomic E-state index is 5.03. The van der Waals surface area contributed by atoms with E-state index in [1.165, 1.54) is 29.6 Å². The SMILES string of the molecule is S=c1[nH]ncn1/N=C\c1ccc(N2CCCCC2)cc1. The summed E-state index contributed by atoms with van der Waals surface area (Å²) in [5, 5.41) is 10.7. The zero-order valence-electron chi connectivity index (χ0n) is 11.2. The third-order valence-corrected chi connectivity index (χ3v) is 3.76. The van der Waals surface area contributed by atoms with Gasteiger partial charge in [-0.15, -0.1) is 0 Å². The lowest BCUT2D eigenvalue weighted by molar-refractivity contribution is 0.578. The van der Waals surface area contributed by atoms with Crippen molar-refractivity contribution in [1.29, 1.82) is 0 Å². The van der Waals surface area contributed by atoms with E-state index in [9.17, 15) is 0 Å². The molecular formula is C14H17N5S. The van der Waals surface area contributed by atoms with E-state index in [1.54, 1.807) is 12.5 Å². The highest BCUT2D eigenvalue weighted by Gasteiger charge is 2.10. The van der Waals surface area contributed by atoms with E-state index in [2.05, 4.69) is 44.5 Å². The largest absolute Gasteiger partial charge is 0.372 e. The van der Waals surface area contributed by atoms with Gasteiger partial charge in [0.1, 0.15) is 6.33 Å². The first-order chi connectivity index (χ1) is 9.83. The number of anilines is 1. The van der Waals surface area contributed by atoms with Gasteiger partial charge in [-0.25, -0.2) is 0 Å². The van der Waals surface area contributed by atoms with Gasteiger partial charge in [0.05, 0.1) is 6.21 Å². The maximum atomic E-state index is 5.03. The van der Waals surface area contributed by atoms with Crippen LogP contribution in [0, 0.1) is 4.77 Å². The second-order valence-corrected chi connectivity index (χ2v) is 5.28. The number of nitrogens with zero attached hydrogens (tertiary/aromatic N) is 4. The molecule has 0 atom stereocenters. The number of hydrogen-bond acceptors (Lipinski definition) is 4. The van der Waals surface area contributed by atoms with Crippen LogP contribution >= 0.6 is 12.2 Å². The Morgan fingerprint density at radius 3 is 2.55 bits per heavy atom. The van der Waals surface area contributed by atoms with Gasteiger partial charge >= 0.3 is 0 Å². The predicted octanol–water partition coefficient (Wildman–Crippen LogP) is 2.81. The number of piperidine rings is 1. The van der Waals surface area contributed by atoms with E-state index in [4.69, 9.17) is 12.2 Å². The number of nitrogens with one attached hydrogen (secondary N) is 1. The molecule has 1 aromatic carbocycles. The molecule has 5 nitrogen and oxygen atoms in total. The molecule has 0 amide bonds. The third-order valence-electron chi connectivity index (χ3n) is 3.48. The number of hydrogen-bond donors (Lipinski definition) is 1. The molecule has 104 valence electrons. The summed E-state index contributed by atoms with van der Waals surface area (Å²) in [6, 6.07) is 8.47. The van der Waals surface area contributed by atoms with Crippen molar-refractivity contribution < 1.29 is 0 Å². The monoisotopic (exact) mass is 287 g/mol. The van der Waals surface area contributed by atoms with Crippen molar-refractivity contribution in [2.45, 2.75) is 19.3 Å².